The summed E-state index contributed by atoms with van der Waals surface area (Å²) in [5, 5.41) is 3.05. The average Bonchev–Trinajstić information content (AvgIpc) is 2.42. The number of aryl methyl sites for hydroxylation is 1. The Bertz CT molecular complexity index is 508. The van der Waals surface area contributed by atoms with E-state index >= 15 is 0 Å². The summed E-state index contributed by atoms with van der Waals surface area (Å²) in [7, 11) is 0. The fraction of sp³-hybridized carbons (Fsp3) is 0.611. The van der Waals surface area contributed by atoms with Gasteiger partial charge in [-0.1, -0.05) is 25.5 Å². The quantitative estimate of drug-likeness (QED) is 0.589. The number of carbonyl (C=O) groups excluding carboxylic acids is 1. The van der Waals surface area contributed by atoms with Gasteiger partial charge in [0.05, 0.1) is 5.56 Å². The van der Waals surface area contributed by atoms with Gasteiger partial charge in [-0.3, -0.25) is 4.79 Å². The Kier molecular flexibility index (Phi) is 6.68. The van der Waals surface area contributed by atoms with Crippen LogP contribution in [0.2, 0.25) is 0 Å². The molecule has 0 aliphatic carbocycles. The molecule has 0 spiro atoms. The number of hydrogen-bond donors (Lipinski definition) is 1. The maximum Gasteiger partial charge on any atom is 0.252 e. The Labute approximate surface area is 148 Å². The molecule has 1 fully saturated rings. The molecule has 122 valence electrons. The molecule has 2 atom stereocenters. The fourth-order valence-electron chi connectivity index (χ4n) is 3.38. The number of amides is 1. The minimum atomic E-state index is 0.0461. The monoisotopic (exact) mass is 414 g/mol. The van der Waals surface area contributed by atoms with Crippen LogP contribution in [0.5, 0.6) is 0 Å². The van der Waals surface area contributed by atoms with Gasteiger partial charge in [0.2, 0.25) is 0 Å². The SMILES string of the molecule is Cc1ccc(C(=O)NCCCN2CC(C)CC(C)C2)c(I)c1. The fourth-order valence-corrected chi connectivity index (χ4v) is 4.29. The van der Waals surface area contributed by atoms with Gasteiger partial charge in [0.25, 0.3) is 5.91 Å². The molecule has 2 unspecified atom stereocenters. The van der Waals surface area contributed by atoms with Crippen molar-refractivity contribution >= 4 is 28.5 Å². The van der Waals surface area contributed by atoms with E-state index < -0.39 is 0 Å². The van der Waals surface area contributed by atoms with Crippen LogP contribution in [-0.4, -0.2) is 37.0 Å². The van der Waals surface area contributed by atoms with E-state index in [9.17, 15) is 4.79 Å². The molecular weight excluding hydrogens is 387 g/mol. The molecule has 0 radical (unpaired) electrons. The summed E-state index contributed by atoms with van der Waals surface area (Å²) in [6.07, 6.45) is 2.37. The molecule has 3 nitrogen and oxygen atoms in total. The molecule has 22 heavy (non-hydrogen) atoms. The van der Waals surface area contributed by atoms with Gasteiger partial charge in [-0.15, -0.1) is 0 Å². The largest absolute Gasteiger partial charge is 0.352 e. The summed E-state index contributed by atoms with van der Waals surface area (Å²) in [5.74, 6) is 1.64. The topological polar surface area (TPSA) is 32.3 Å². The number of nitrogens with one attached hydrogen (secondary N) is 1. The van der Waals surface area contributed by atoms with Crippen molar-refractivity contribution in [3.05, 3.63) is 32.9 Å². The molecule has 1 amide bonds. The number of piperidine rings is 1. The summed E-state index contributed by atoms with van der Waals surface area (Å²) in [4.78, 5) is 14.7. The van der Waals surface area contributed by atoms with E-state index in [-0.39, 0.29) is 5.91 Å². The van der Waals surface area contributed by atoms with Gasteiger partial charge < -0.3 is 10.2 Å². The molecule has 1 saturated heterocycles. The Morgan fingerprint density at radius 2 is 2.00 bits per heavy atom. The zero-order chi connectivity index (χ0) is 16.1. The normalized spacial score (nSPS) is 22.5. The van der Waals surface area contributed by atoms with Crippen LogP contribution >= 0.6 is 22.6 Å². The van der Waals surface area contributed by atoms with Crippen molar-refractivity contribution in [2.75, 3.05) is 26.2 Å². The van der Waals surface area contributed by atoms with Crippen LogP contribution in [0, 0.1) is 22.3 Å². The average molecular weight is 414 g/mol. The highest BCUT2D eigenvalue weighted by molar-refractivity contribution is 14.1. The van der Waals surface area contributed by atoms with Crippen molar-refractivity contribution in [1.82, 2.24) is 10.2 Å². The second kappa shape index (κ2) is 8.29. The zero-order valence-corrected chi connectivity index (χ0v) is 16.0. The van der Waals surface area contributed by atoms with E-state index in [1.165, 1.54) is 25.1 Å². The van der Waals surface area contributed by atoms with Gasteiger partial charge in [0, 0.05) is 23.2 Å². The number of halogens is 1. The van der Waals surface area contributed by atoms with Gasteiger partial charge in [-0.2, -0.15) is 0 Å². The standard InChI is InChI=1S/C18H27IN2O/c1-13-5-6-16(17(19)10-13)18(22)20-7-4-8-21-11-14(2)9-15(3)12-21/h5-6,10,14-15H,4,7-9,11-12H2,1-3H3,(H,20,22). The molecule has 0 saturated carbocycles. The molecule has 1 aromatic carbocycles. The molecule has 1 heterocycles. The van der Waals surface area contributed by atoms with Gasteiger partial charge >= 0.3 is 0 Å². The van der Waals surface area contributed by atoms with Crippen LogP contribution in [0.15, 0.2) is 18.2 Å². The van der Waals surface area contributed by atoms with E-state index in [4.69, 9.17) is 0 Å². The first-order valence-electron chi connectivity index (χ1n) is 8.22. The molecule has 1 N–H and O–H groups in total. The van der Waals surface area contributed by atoms with Gasteiger partial charge in [-0.25, -0.2) is 0 Å². The highest BCUT2D eigenvalue weighted by Gasteiger charge is 2.21. The Morgan fingerprint density at radius 3 is 2.64 bits per heavy atom. The Hall–Kier alpha value is -0.620. The van der Waals surface area contributed by atoms with Crippen molar-refractivity contribution in [3.8, 4) is 0 Å². The predicted molar refractivity (Wildman–Crippen MR) is 100 cm³/mol. The number of benzene rings is 1. The number of carbonyl (C=O) groups is 1. The van der Waals surface area contributed by atoms with Crippen molar-refractivity contribution < 1.29 is 4.79 Å². The van der Waals surface area contributed by atoms with E-state index in [1.807, 2.05) is 25.1 Å². The first-order valence-corrected chi connectivity index (χ1v) is 9.30. The van der Waals surface area contributed by atoms with Crippen LogP contribution in [0.1, 0.15) is 42.6 Å². The lowest BCUT2D eigenvalue weighted by atomic mass is 9.92. The minimum absolute atomic E-state index is 0.0461. The van der Waals surface area contributed by atoms with Crippen LogP contribution < -0.4 is 5.32 Å². The van der Waals surface area contributed by atoms with Crippen molar-refractivity contribution in [1.29, 1.82) is 0 Å². The van der Waals surface area contributed by atoms with Gasteiger partial charge in [0.1, 0.15) is 0 Å². The molecule has 0 bridgehead atoms. The third-order valence-corrected chi connectivity index (χ3v) is 5.14. The smallest absolute Gasteiger partial charge is 0.252 e. The summed E-state index contributed by atoms with van der Waals surface area (Å²) in [5.41, 5.74) is 1.97. The predicted octanol–water partition coefficient (Wildman–Crippen LogP) is 3.70. The lowest BCUT2D eigenvalue weighted by Crippen LogP contribution is -2.40. The van der Waals surface area contributed by atoms with Gasteiger partial charge in [0.15, 0.2) is 0 Å². The van der Waals surface area contributed by atoms with Crippen molar-refractivity contribution in [2.45, 2.75) is 33.6 Å². The maximum atomic E-state index is 12.2. The van der Waals surface area contributed by atoms with Gasteiger partial charge in [-0.05, 0) is 72.9 Å². The lowest BCUT2D eigenvalue weighted by Gasteiger charge is -2.34. The molecule has 0 aromatic heterocycles. The van der Waals surface area contributed by atoms with E-state index in [0.717, 1.165) is 40.5 Å². The second-order valence-electron chi connectivity index (χ2n) is 6.80. The molecule has 1 aliphatic heterocycles. The molecule has 1 aromatic rings. The van der Waals surface area contributed by atoms with Crippen LogP contribution in [0.25, 0.3) is 0 Å². The summed E-state index contributed by atoms with van der Waals surface area (Å²) < 4.78 is 1.02. The highest BCUT2D eigenvalue weighted by Crippen LogP contribution is 2.20. The first-order chi connectivity index (χ1) is 10.5. The number of nitrogens with zero attached hydrogens (tertiary/aromatic N) is 1. The van der Waals surface area contributed by atoms with Crippen molar-refractivity contribution in [3.63, 3.8) is 0 Å². The number of hydrogen-bond acceptors (Lipinski definition) is 2. The number of likely N-dealkylation sites (tertiary alicyclic amines) is 1. The molecule has 1 aliphatic rings. The first kappa shape index (κ1) is 17.7. The summed E-state index contributed by atoms with van der Waals surface area (Å²) >= 11 is 2.23. The van der Waals surface area contributed by atoms with Crippen molar-refractivity contribution in [2.24, 2.45) is 11.8 Å². The summed E-state index contributed by atoms with van der Waals surface area (Å²) in [6.45, 7) is 11.0. The minimum Gasteiger partial charge on any atom is -0.352 e. The Morgan fingerprint density at radius 1 is 1.32 bits per heavy atom. The third kappa shape index (κ3) is 5.23. The third-order valence-electron chi connectivity index (χ3n) is 4.25. The zero-order valence-electron chi connectivity index (χ0n) is 13.9. The Balaban J connectivity index is 1.73. The molecule has 4 heteroatoms. The lowest BCUT2D eigenvalue weighted by molar-refractivity contribution is 0.0946. The molecular formula is C18H27IN2O. The van der Waals surface area contributed by atoms with E-state index in [1.54, 1.807) is 0 Å². The van der Waals surface area contributed by atoms with Crippen LogP contribution in [-0.2, 0) is 0 Å². The maximum absolute atomic E-state index is 12.2. The summed E-state index contributed by atoms with van der Waals surface area (Å²) in [6, 6.07) is 5.96. The second-order valence-corrected chi connectivity index (χ2v) is 7.96. The van der Waals surface area contributed by atoms with Crippen LogP contribution in [0.4, 0.5) is 0 Å². The van der Waals surface area contributed by atoms with Crippen LogP contribution in [0.3, 0.4) is 0 Å². The van der Waals surface area contributed by atoms with E-state index in [0.29, 0.717) is 0 Å². The highest BCUT2D eigenvalue weighted by atomic mass is 127. The number of rotatable bonds is 5. The molecule has 2 rings (SSSR count). The van der Waals surface area contributed by atoms with E-state index in [2.05, 4.69) is 46.7 Å².